The molecule has 0 aliphatic heterocycles. The molecule has 1 amide bonds. The van der Waals surface area contributed by atoms with Crippen molar-refractivity contribution in [2.45, 2.75) is 37.3 Å². The quantitative estimate of drug-likeness (QED) is 0.831. The Kier molecular flexibility index (Phi) is 3.10. The highest BCUT2D eigenvalue weighted by Gasteiger charge is 2.61. The van der Waals surface area contributed by atoms with Crippen molar-refractivity contribution < 1.29 is 18.7 Å². The van der Waals surface area contributed by atoms with Gasteiger partial charge in [-0.05, 0) is 19.3 Å². The minimum atomic E-state index is -3.74. The maximum atomic E-state index is 13.7. The first-order valence-corrected chi connectivity index (χ1v) is 5.71. The number of hydrogen-bond donors (Lipinski definition) is 2. The van der Waals surface area contributed by atoms with E-state index >= 15 is 0 Å². The van der Waals surface area contributed by atoms with Crippen LogP contribution in [0.1, 0.15) is 24.8 Å². The Hall–Kier alpha value is -1.50. The van der Waals surface area contributed by atoms with E-state index in [0.29, 0.717) is 12.0 Å². The first-order valence-electron chi connectivity index (χ1n) is 5.71. The van der Waals surface area contributed by atoms with Crippen LogP contribution in [0.15, 0.2) is 12.4 Å². The lowest BCUT2D eigenvalue weighted by molar-refractivity contribution is -0.216. The molecule has 0 aromatic carbocycles. The number of carbonyl (C=O) groups is 1. The second kappa shape index (κ2) is 4.31. The second-order valence-corrected chi connectivity index (χ2v) is 4.66. The van der Waals surface area contributed by atoms with E-state index in [9.17, 15) is 18.7 Å². The van der Waals surface area contributed by atoms with Crippen molar-refractivity contribution in [2.75, 3.05) is 0 Å². The fourth-order valence-corrected chi connectivity index (χ4v) is 1.89. The van der Waals surface area contributed by atoms with Gasteiger partial charge in [0.2, 0.25) is 0 Å². The van der Waals surface area contributed by atoms with Crippen molar-refractivity contribution in [2.24, 2.45) is 7.05 Å². The van der Waals surface area contributed by atoms with E-state index in [1.165, 1.54) is 10.9 Å². The first-order chi connectivity index (χ1) is 8.35. The number of rotatable bonds is 4. The van der Waals surface area contributed by atoms with Gasteiger partial charge in [0.1, 0.15) is 5.60 Å². The van der Waals surface area contributed by atoms with Gasteiger partial charge in [0.15, 0.2) is 0 Å². The molecule has 100 valence electrons. The number of aryl methyl sites for hydroxylation is 1. The summed E-state index contributed by atoms with van der Waals surface area (Å²) in [6.45, 7) is -0.0294. The van der Waals surface area contributed by atoms with Crippen LogP contribution in [0.4, 0.5) is 8.78 Å². The summed E-state index contributed by atoms with van der Waals surface area (Å²) in [7, 11) is 1.69. The molecule has 0 atom stereocenters. The SMILES string of the molecule is Cn1cc(CNC(=O)C(F)(F)C2(O)CCC2)cn1. The van der Waals surface area contributed by atoms with Gasteiger partial charge in [0.05, 0.1) is 6.20 Å². The molecule has 0 saturated heterocycles. The smallest absolute Gasteiger partial charge is 0.352 e. The number of nitrogens with zero attached hydrogens (tertiary/aromatic N) is 2. The monoisotopic (exact) mass is 259 g/mol. The minimum absolute atomic E-state index is 0.0294. The fraction of sp³-hybridized carbons (Fsp3) is 0.636. The highest BCUT2D eigenvalue weighted by atomic mass is 19.3. The Morgan fingerprint density at radius 2 is 2.33 bits per heavy atom. The summed E-state index contributed by atoms with van der Waals surface area (Å²) in [5.74, 6) is -5.18. The van der Waals surface area contributed by atoms with E-state index in [1.807, 2.05) is 0 Å². The van der Waals surface area contributed by atoms with Crippen molar-refractivity contribution in [1.29, 1.82) is 0 Å². The standard InChI is InChI=1S/C11H15F2N3O2/c1-16-7-8(6-15-16)5-14-9(17)11(12,13)10(18)3-2-4-10/h6-7,18H,2-5H2,1H3,(H,14,17). The summed E-state index contributed by atoms with van der Waals surface area (Å²) in [6, 6.07) is 0. The van der Waals surface area contributed by atoms with Gasteiger partial charge in [0.25, 0.3) is 5.91 Å². The Bertz CT molecular complexity index is 455. The van der Waals surface area contributed by atoms with Gasteiger partial charge in [0, 0.05) is 25.4 Å². The zero-order chi connectivity index (χ0) is 13.4. The van der Waals surface area contributed by atoms with E-state index < -0.39 is 17.4 Å². The lowest BCUT2D eigenvalue weighted by Gasteiger charge is -2.41. The van der Waals surface area contributed by atoms with Crippen LogP contribution in [0, 0.1) is 0 Å². The van der Waals surface area contributed by atoms with Gasteiger partial charge in [-0.3, -0.25) is 9.48 Å². The second-order valence-electron chi connectivity index (χ2n) is 4.66. The average molecular weight is 259 g/mol. The molecule has 1 fully saturated rings. The first kappa shape index (κ1) is 12.9. The third-order valence-electron chi connectivity index (χ3n) is 3.26. The zero-order valence-corrected chi connectivity index (χ0v) is 9.99. The lowest BCUT2D eigenvalue weighted by Crippen LogP contribution is -2.60. The van der Waals surface area contributed by atoms with Crippen molar-refractivity contribution in [3.05, 3.63) is 18.0 Å². The maximum Gasteiger partial charge on any atom is 0.352 e. The Morgan fingerprint density at radius 1 is 1.67 bits per heavy atom. The summed E-state index contributed by atoms with van der Waals surface area (Å²) >= 11 is 0. The van der Waals surface area contributed by atoms with Crippen LogP contribution in [-0.2, 0) is 18.4 Å². The number of hydrogen-bond acceptors (Lipinski definition) is 3. The van der Waals surface area contributed by atoms with E-state index in [2.05, 4.69) is 10.4 Å². The predicted molar refractivity (Wildman–Crippen MR) is 58.8 cm³/mol. The van der Waals surface area contributed by atoms with Crippen LogP contribution in [0.5, 0.6) is 0 Å². The fourth-order valence-electron chi connectivity index (χ4n) is 1.89. The van der Waals surface area contributed by atoms with Crippen LogP contribution < -0.4 is 5.32 Å². The molecule has 1 aliphatic carbocycles. The lowest BCUT2D eigenvalue weighted by atomic mass is 9.75. The number of halogens is 2. The molecule has 0 unspecified atom stereocenters. The topological polar surface area (TPSA) is 67.2 Å². The molecule has 2 rings (SSSR count). The largest absolute Gasteiger partial charge is 0.383 e. The van der Waals surface area contributed by atoms with Gasteiger partial charge >= 0.3 is 5.92 Å². The molecule has 1 saturated carbocycles. The zero-order valence-electron chi connectivity index (χ0n) is 9.99. The van der Waals surface area contributed by atoms with Crippen LogP contribution in [0.3, 0.4) is 0 Å². The molecule has 1 aromatic rings. The van der Waals surface area contributed by atoms with E-state index in [0.717, 1.165) is 0 Å². The molecular formula is C11H15F2N3O2. The molecule has 18 heavy (non-hydrogen) atoms. The molecule has 2 N–H and O–H groups in total. The average Bonchev–Trinajstić information content (AvgIpc) is 2.68. The summed E-state index contributed by atoms with van der Waals surface area (Å²) in [5, 5.41) is 15.6. The van der Waals surface area contributed by atoms with Gasteiger partial charge < -0.3 is 10.4 Å². The third-order valence-corrected chi connectivity index (χ3v) is 3.26. The van der Waals surface area contributed by atoms with E-state index in [-0.39, 0.29) is 19.4 Å². The van der Waals surface area contributed by atoms with Crippen LogP contribution >= 0.6 is 0 Å². The van der Waals surface area contributed by atoms with Gasteiger partial charge in [-0.2, -0.15) is 13.9 Å². The van der Waals surface area contributed by atoms with E-state index in [1.54, 1.807) is 13.2 Å². The summed E-state index contributed by atoms with van der Waals surface area (Å²) < 4.78 is 28.9. The molecule has 0 radical (unpaired) electrons. The number of nitrogens with one attached hydrogen (secondary N) is 1. The molecule has 5 nitrogen and oxygen atoms in total. The normalized spacial score (nSPS) is 18.2. The molecule has 0 spiro atoms. The molecule has 1 heterocycles. The molecule has 1 aromatic heterocycles. The van der Waals surface area contributed by atoms with Crippen molar-refractivity contribution in [3.63, 3.8) is 0 Å². The minimum Gasteiger partial charge on any atom is -0.383 e. The Labute approximate surface area is 103 Å². The highest BCUT2D eigenvalue weighted by Crippen LogP contribution is 2.44. The number of aliphatic hydroxyl groups is 1. The Morgan fingerprint density at radius 3 is 2.78 bits per heavy atom. The number of aromatic nitrogens is 2. The third kappa shape index (κ3) is 2.10. The van der Waals surface area contributed by atoms with Crippen molar-refractivity contribution >= 4 is 5.91 Å². The number of amides is 1. The summed E-state index contributed by atoms with van der Waals surface area (Å²) in [6.07, 6.45) is 3.54. The molecular weight excluding hydrogens is 244 g/mol. The maximum absolute atomic E-state index is 13.7. The molecule has 0 bridgehead atoms. The van der Waals surface area contributed by atoms with Crippen LogP contribution in [-0.4, -0.2) is 32.3 Å². The van der Waals surface area contributed by atoms with E-state index in [4.69, 9.17) is 0 Å². The van der Waals surface area contributed by atoms with Gasteiger partial charge in [-0.1, -0.05) is 0 Å². The summed E-state index contributed by atoms with van der Waals surface area (Å²) in [5.41, 5.74) is -1.55. The summed E-state index contributed by atoms with van der Waals surface area (Å²) in [4.78, 5) is 11.4. The van der Waals surface area contributed by atoms with Crippen molar-refractivity contribution in [1.82, 2.24) is 15.1 Å². The van der Waals surface area contributed by atoms with Crippen LogP contribution in [0.2, 0.25) is 0 Å². The Balaban J connectivity index is 1.95. The van der Waals surface area contributed by atoms with Crippen molar-refractivity contribution in [3.8, 4) is 0 Å². The molecule has 7 heteroatoms. The molecule has 1 aliphatic rings. The predicted octanol–water partition coefficient (Wildman–Crippen LogP) is 0.587. The number of alkyl halides is 2. The highest BCUT2D eigenvalue weighted by molar-refractivity contribution is 5.85. The number of carbonyl (C=O) groups excluding carboxylic acids is 1. The van der Waals surface area contributed by atoms with Crippen LogP contribution in [0.25, 0.3) is 0 Å². The van der Waals surface area contributed by atoms with Gasteiger partial charge in [-0.25, -0.2) is 0 Å². The van der Waals surface area contributed by atoms with Gasteiger partial charge in [-0.15, -0.1) is 0 Å².